The molecule has 1 heterocycles. The highest BCUT2D eigenvalue weighted by atomic mass is 32.1. The van der Waals surface area contributed by atoms with Crippen molar-refractivity contribution >= 4 is 17.0 Å². The summed E-state index contributed by atoms with van der Waals surface area (Å²) in [5, 5.41) is 6.78. The molecule has 0 fully saturated rings. The molecule has 0 spiro atoms. The Bertz CT molecular complexity index is 633. The molecular formula is C15H19N3S. The molecule has 3 nitrogen and oxygen atoms in total. The Balaban J connectivity index is 2.46. The summed E-state index contributed by atoms with van der Waals surface area (Å²) in [5.74, 6) is 0. The molecule has 0 aliphatic carbocycles. The summed E-state index contributed by atoms with van der Waals surface area (Å²) in [4.78, 5) is 5.55. The molecule has 1 aromatic carbocycles. The van der Waals surface area contributed by atoms with Crippen LogP contribution in [0.5, 0.6) is 0 Å². The lowest BCUT2D eigenvalue weighted by Gasteiger charge is -2.03. The van der Waals surface area contributed by atoms with Gasteiger partial charge in [0.05, 0.1) is 11.4 Å². The van der Waals surface area contributed by atoms with Crippen molar-refractivity contribution in [3.8, 4) is 0 Å². The average Bonchev–Trinajstić information content (AvgIpc) is 2.72. The highest BCUT2D eigenvalue weighted by Gasteiger charge is 2.02. The van der Waals surface area contributed by atoms with E-state index in [2.05, 4.69) is 43.3 Å². The van der Waals surface area contributed by atoms with Gasteiger partial charge in [0.15, 0.2) is 0 Å². The summed E-state index contributed by atoms with van der Waals surface area (Å²) in [6, 6.07) is 10.5. The Kier molecular flexibility index (Phi) is 4.32. The monoisotopic (exact) mass is 273 g/mol. The first kappa shape index (κ1) is 13.7. The molecule has 0 N–H and O–H groups in total. The highest BCUT2D eigenvalue weighted by Crippen LogP contribution is 2.05. The van der Waals surface area contributed by atoms with Crippen molar-refractivity contribution in [3.63, 3.8) is 0 Å². The van der Waals surface area contributed by atoms with Gasteiger partial charge in [-0.15, -0.1) is 11.3 Å². The Morgan fingerprint density at radius 1 is 1.21 bits per heavy atom. The van der Waals surface area contributed by atoms with Crippen LogP contribution in [0.3, 0.4) is 0 Å². The van der Waals surface area contributed by atoms with Crippen molar-refractivity contribution < 1.29 is 0 Å². The van der Waals surface area contributed by atoms with Crippen molar-refractivity contribution in [3.05, 3.63) is 51.8 Å². The molecule has 0 amide bonds. The van der Waals surface area contributed by atoms with E-state index in [1.54, 1.807) is 11.3 Å². The fraction of sp³-hybridized carbons (Fsp3) is 0.333. The van der Waals surface area contributed by atoms with Gasteiger partial charge in [-0.3, -0.25) is 4.99 Å². The van der Waals surface area contributed by atoms with Gasteiger partial charge in [-0.1, -0.05) is 30.3 Å². The van der Waals surface area contributed by atoms with Gasteiger partial charge in [0, 0.05) is 11.4 Å². The number of nitrogens with zero attached hydrogens (tertiary/aromatic N) is 3. The highest BCUT2D eigenvalue weighted by molar-refractivity contribution is 7.07. The first-order valence-corrected chi connectivity index (χ1v) is 7.28. The first-order chi connectivity index (χ1) is 9.08. The minimum absolute atomic E-state index is 0.275. The molecule has 0 saturated heterocycles. The molecule has 0 bridgehead atoms. The third kappa shape index (κ3) is 3.41. The smallest absolute Gasteiger partial charge is 0.206 e. The molecule has 19 heavy (non-hydrogen) atoms. The molecular weight excluding hydrogens is 254 g/mol. The molecule has 0 saturated carbocycles. The van der Waals surface area contributed by atoms with Gasteiger partial charge >= 0.3 is 0 Å². The summed E-state index contributed by atoms with van der Waals surface area (Å²) in [6.45, 7) is 8.23. The Hall–Kier alpha value is -1.68. The third-order valence-corrected chi connectivity index (χ3v) is 3.61. The van der Waals surface area contributed by atoms with Crippen LogP contribution in [-0.4, -0.2) is 16.4 Å². The molecule has 0 aliphatic rings. The van der Waals surface area contributed by atoms with E-state index < -0.39 is 0 Å². The number of rotatable bonds is 3. The maximum absolute atomic E-state index is 4.69. The zero-order chi connectivity index (χ0) is 13.8. The van der Waals surface area contributed by atoms with Crippen LogP contribution in [0.2, 0.25) is 0 Å². The van der Waals surface area contributed by atoms with Gasteiger partial charge in [0.2, 0.25) is 4.80 Å². The zero-order valence-electron chi connectivity index (χ0n) is 11.8. The Morgan fingerprint density at radius 2 is 1.89 bits per heavy atom. The first-order valence-electron chi connectivity index (χ1n) is 6.40. The van der Waals surface area contributed by atoms with Gasteiger partial charge in [-0.05, 0) is 33.3 Å². The molecule has 1 aromatic heterocycles. The molecule has 2 rings (SSSR count). The summed E-state index contributed by atoms with van der Waals surface area (Å²) >= 11 is 1.63. The average molecular weight is 273 g/mol. The molecule has 2 aromatic rings. The summed E-state index contributed by atoms with van der Waals surface area (Å²) in [5.41, 5.74) is 3.24. The van der Waals surface area contributed by atoms with Crippen LogP contribution in [0.25, 0.3) is 0 Å². The lowest BCUT2D eigenvalue weighted by Crippen LogP contribution is -2.16. The largest absolute Gasteiger partial charge is 0.255 e. The van der Waals surface area contributed by atoms with Crippen LogP contribution in [0.4, 0.5) is 0 Å². The van der Waals surface area contributed by atoms with E-state index in [0.29, 0.717) is 0 Å². The van der Waals surface area contributed by atoms with Crippen LogP contribution >= 0.6 is 11.3 Å². The topological polar surface area (TPSA) is 29.6 Å². The Labute approximate surface area is 118 Å². The van der Waals surface area contributed by atoms with E-state index >= 15 is 0 Å². The van der Waals surface area contributed by atoms with E-state index in [0.717, 1.165) is 21.8 Å². The van der Waals surface area contributed by atoms with Gasteiger partial charge in [-0.25, -0.2) is 4.68 Å². The van der Waals surface area contributed by atoms with E-state index in [9.17, 15) is 0 Å². The number of aromatic nitrogens is 1. The summed E-state index contributed by atoms with van der Waals surface area (Å²) in [7, 11) is 0. The quantitative estimate of drug-likeness (QED) is 0.767. The van der Waals surface area contributed by atoms with Gasteiger partial charge in [0.1, 0.15) is 0 Å². The van der Waals surface area contributed by atoms with E-state index in [4.69, 9.17) is 5.10 Å². The molecule has 4 heteroatoms. The van der Waals surface area contributed by atoms with Crippen LogP contribution in [0, 0.1) is 6.92 Å². The fourth-order valence-electron chi connectivity index (χ4n) is 1.70. The third-order valence-electron chi connectivity index (χ3n) is 2.66. The molecule has 0 unspecified atom stereocenters. The van der Waals surface area contributed by atoms with Crippen LogP contribution in [0.15, 0.2) is 45.8 Å². The molecule has 0 atom stereocenters. The van der Waals surface area contributed by atoms with Crippen LogP contribution < -0.4 is 4.80 Å². The SMILES string of the molecule is C/C(=N\n1c(C)csc1=NC(C)C)c1ccccc1. The Morgan fingerprint density at radius 3 is 2.53 bits per heavy atom. The van der Waals surface area contributed by atoms with Gasteiger partial charge in [0.25, 0.3) is 0 Å². The van der Waals surface area contributed by atoms with Crippen molar-refractivity contribution in [2.24, 2.45) is 10.1 Å². The fourth-order valence-corrected chi connectivity index (χ4v) is 2.64. The number of hydrogen-bond donors (Lipinski definition) is 0. The predicted octanol–water partition coefficient (Wildman–Crippen LogP) is 3.44. The maximum atomic E-state index is 4.69. The lowest BCUT2D eigenvalue weighted by atomic mass is 10.1. The van der Waals surface area contributed by atoms with Crippen LogP contribution in [0.1, 0.15) is 32.0 Å². The minimum atomic E-state index is 0.275. The second-order valence-electron chi connectivity index (χ2n) is 4.75. The normalized spacial score (nSPS) is 13.3. The second-order valence-corrected chi connectivity index (χ2v) is 5.58. The number of benzene rings is 1. The number of aryl methyl sites for hydroxylation is 1. The van der Waals surface area contributed by atoms with Crippen molar-refractivity contribution in [1.82, 2.24) is 4.68 Å². The number of thiazole rings is 1. The van der Waals surface area contributed by atoms with Gasteiger partial charge in [-0.2, -0.15) is 5.10 Å². The molecule has 0 radical (unpaired) electrons. The minimum Gasteiger partial charge on any atom is -0.255 e. The van der Waals surface area contributed by atoms with E-state index in [1.807, 2.05) is 29.8 Å². The van der Waals surface area contributed by atoms with Crippen LogP contribution in [-0.2, 0) is 0 Å². The van der Waals surface area contributed by atoms with Crippen molar-refractivity contribution in [2.75, 3.05) is 0 Å². The van der Waals surface area contributed by atoms with Gasteiger partial charge < -0.3 is 0 Å². The molecule has 0 aliphatic heterocycles. The van der Waals surface area contributed by atoms with Crippen molar-refractivity contribution in [1.29, 1.82) is 0 Å². The molecule has 100 valence electrons. The summed E-state index contributed by atoms with van der Waals surface area (Å²) in [6.07, 6.45) is 0. The van der Waals surface area contributed by atoms with E-state index in [-0.39, 0.29) is 6.04 Å². The maximum Gasteiger partial charge on any atom is 0.206 e. The van der Waals surface area contributed by atoms with E-state index in [1.165, 1.54) is 0 Å². The summed E-state index contributed by atoms with van der Waals surface area (Å²) < 4.78 is 1.92. The zero-order valence-corrected chi connectivity index (χ0v) is 12.6. The second kappa shape index (κ2) is 5.97. The lowest BCUT2D eigenvalue weighted by molar-refractivity contribution is 0.735. The predicted molar refractivity (Wildman–Crippen MR) is 81.8 cm³/mol. The van der Waals surface area contributed by atoms with Crippen molar-refractivity contribution in [2.45, 2.75) is 33.7 Å². The number of hydrogen-bond acceptors (Lipinski definition) is 3. The standard InChI is InChI=1S/C15H19N3S/c1-11(2)16-15-18(12(3)10-19-15)17-13(4)14-8-6-5-7-9-14/h5-11H,1-4H3/b16-15?,17-13+.